The molecule has 0 radical (unpaired) electrons. The van der Waals surface area contributed by atoms with E-state index in [0.29, 0.717) is 6.54 Å². The van der Waals surface area contributed by atoms with Crippen LogP contribution in [-0.2, 0) is 4.79 Å². The van der Waals surface area contributed by atoms with Gasteiger partial charge in [-0.05, 0) is 6.08 Å². The molecule has 0 saturated carbocycles. The van der Waals surface area contributed by atoms with Crippen LogP contribution in [0.15, 0.2) is 25.3 Å². The van der Waals surface area contributed by atoms with E-state index in [4.69, 9.17) is 0 Å². The number of hydrogen-bond acceptors (Lipinski definition) is 1. The van der Waals surface area contributed by atoms with Gasteiger partial charge < -0.3 is 5.32 Å². The largest absolute Gasteiger partial charge is 0.349 e. The van der Waals surface area contributed by atoms with Crippen molar-refractivity contribution < 1.29 is 4.79 Å². The van der Waals surface area contributed by atoms with Gasteiger partial charge in [-0.25, -0.2) is 0 Å². The van der Waals surface area contributed by atoms with Crippen molar-refractivity contribution in [3.63, 3.8) is 0 Å². The Kier molecular flexibility index (Phi) is 8.38. The second-order valence-corrected chi connectivity index (χ2v) is 1.24. The molecule has 0 atom stereocenters. The van der Waals surface area contributed by atoms with Gasteiger partial charge in [0.1, 0.15) is 0 Å². The summed E-state index contributed by atoms with van der Waals surface area (Å²) in [5.74, 6) is -0.162. The first kappa shape index (κ1) is 10.8. The first-order valence-corrected chi connectivity index (χ1v) is 2.32. The van der Waals surface area contributed by atoms with E-state index >= 15 is 0 Å². The van der Waals surface area contributed by atoms with E-state index in [-0.39, 0.29) is 13.3 Å². The van der Waals surface area contributed by atoms with E-state index in [0.717, 1.165) is 0 Å². The molecule has 0 aliphatic rings. The van der Waals surface area contributed by atoms with Crippen LogP contribution in [0.3, 0.4) is 0 Å². The first-order chi connectivity index (χ1) is 3.81. The summed E-state index contributed by atoms with van der Waals surface area (Å²) >= 11 is 0. The van der Waals surface area contributed by atoms with Crippen molar-refractivity contribution in [3.05, 3.63) is 25.3 Å². The monoisotopic (exact) mass is 127 g/mol. The molecule has 0 unspecified atom stereocenters. The third-order valence-electron chi connectivity index (χ3n) is 0.606. The topological polar surface area (TPSA) is 29.1 Å². The minimum atomic E-state index is -0.162. The summed E-state index contributed by atoms with van der Waals surface area (Å²) in [6, 6.07) is 0. The quantitative estimate of drug-likeness (QED) is 0.446. The van der Waals surface area contributed by atoms with Crippen molar-refractivity contribution in [1.82, 2.24) is 5.32 Å². The van der Waals surface area contributed by atoms with Gasteiger partial charge in [-0.1, -0.05) is 20.1 Å². The highest BCUT2D eigenvalue weighted by atomic mass is 16.1. The SMILES string of the molecule is C.C=CCNC(=O)C=C. The van der Waals surface area contributed by atoms with E-state index in [2.05, 4.69) is 18.5 Å². The van der Waals surface area contributed by atoms with Gasteiger partial charge in [-0.15, -0.1) is 6.58 Å². The molecule has 0 aromatic rings. The summed E-state index contributed by atoms with van der Waals surface area (Å²) in [5.41, 5.74) is 0. The molecule has 1 N–H and O–H groups in total. The Morgan fingerprint density at radius 2 is 2.11 bits per heavy atom. The van der Waals surface area contributed by atoms with Crippen LogP contribution in [-0.4, -0.2) is 12.5 Å². The molecule has 0 aliphatic carbocycles. The molecule has 0 fully saturated rings. The Labute approximate surface area is 56.3 Å². The average Bonchev–Trinajstić information content (AvgIpc) is 1.83. The molecule has 0 aliphatic heterocycles. The fourth-order valence-electron chi connectivity index (χ4n) is 0.245. The number of carbonyl (C=O) groups is 1. The van der Waals surface area contributed by atoms with Gasteiger partial charge in [0, 0.05) is 6.54 Å². The van der Waals surface area contributed by atoms with Crippen molar-refractivity contribution in [2.24, 2.45) is 0 Å². The summed E-state index contributed by atoms with van der Waals surface area (Å²) in [6.45, 7) is 7.19. The number of nitrogens with one attached hydrogen (secondary N) is 1. The number of carbonyl (C=O) groups excluding carboxylic acids is 1. The Morgan fingerprint density at radius 1 is 1.56 bits per heavy atom. The van der Waals surface area contributed by atoms with Crippen molar-refractivity contribution >= 4 is 5.91 Å². The number of rotatable bonds is 3. The van der Waals surface area contributed by atoms with Crippen LogP contribution in [0.2, 0.25) is 0 Å². The Hall–Kier alpha value is -1.05. The van der Waals surface area contributed by atoms with E-state index < -0.39 is 0 Å². The molecule has 0 aromatic heterocycles. The van der Waals surface area contributed by atoms with Gasteiger partial charge in [0.15, 0.2) is 0 Å². The minimum absolute atomic E-state index is 0. The number of hydrogen-bond donors (Lipinski definition) is 1. The van der Waals surface area contributed by atoms with E-state index in [1.807, 2.05) is 0 Å². The van der Waals surface area contributed by atoms with Crippen molar-refractivity contribution in [3.8, 4) is 0 Å². The number of amides is 1. The molecule has 0 heterocycles. The standard InChI is InChI=1S/C6H9NO.CH4/c1-3-5-7-6(8)4-2;/h3-4H,1-2,5H2,(H,7,8);1H4. The molecule has 0 aromatic carbocycles. The zero-order valence-electron chi connectivity index (χ0n) is 4.68. The maximum absolute atomic E-state index is 10.3. The lowest BCUT2D eigenvalue weighted by atomic mass is 10.5. The fourth-order valence-corrected chi connectivity index (χ4v) is 0.245. The normalized spacial score (nSPS) is 6.67. The average molecular weight is 127 g/mol. The molecule has 1 amide bonds. The maximum Gasteiger partial charge on any atom is 0.243 e. The molecule has 0 rings (SSSR count). The van der Waals surface area contributed by atoms with Crippen LogP contribution >= 0.6 is 0 Å². The molecule has 2 heteroatoms. The lowest BCUT2D eigenvalue weighted by Crippen LogP contribution is -2.19. The molecule has 0 spiro atoms. The molecule has 0 saturated heterocycles. The van der Waals surface area contributed by atoms with Gasteiger partial charge in [0.2, 0.25) is 5.91 Å². The molecule has 2 nitrogen and oxygen atoms in total. The van der Waals surface area contributed by atoms with E-state index in [9.17, 15) is 4.79 Å². The predicted octanol–water partition coefficient (Wildman–Crippen LogP) is 1.11. The van der Waals surface area contributed by atoms with E-state index in [1.54, 1.807) is 6.08 Å². The van der Waals surface area contributed by atoms with Crippen LogP contribution in [0, 0.1) is 0 Å². The smallest absolute Gasteiger partial charge is 0.243 e. The summed E-state index contributed by atoms with van der Waals surface area (Å²) in [5, 5.41) is 2.51. The minimum Gasteiger partial charge on any atom is -0.349 e. The van der Waals surface area contributed by atoms with Gasteiger partial charge in [0.05, 0.1) is 0 Å². The third kappa shape index (κ3) is 6.95. The van der Waals surface area contributed by atoms with Crippen LogP contribution in [0.4, 0.5) is 0 Å². The van der Waals surface area contributed by atoms with Gasteiger partial charge in [-0.3, -0.25) is 4.79 Å². The second kappa shape index (κ2) is 6.95. The molecule has 9 heavy (non-hydrogen) atoms. The molecular weight excluding hydrogens is 114 g/mol. The Balaban J connectivity index is 0. The lowest BCUT2D eigenvalue weighted by molar-refractivity contribution is -0.116. The summed E-state index contributed by atoms with van der Waals surface area (Å²) in [7, 11) is 0. The van der Waals surface area contributed by atoms with Crippen LogP contribution in [0.25, 0.3) is 0 Å². The Morgan fingerprint density at radius 3 is 2.44 bits per heavy atom. The summed E-state index contributed by atoms with van der Waals surface area (Å²) < 4.78 is 0. The zero-order valence-corrected chi connectivity index (χ0v) is 4.68. The highest BCUT2D eigenvalue weighted by molar-refractivity contribution is 5.86. The van der Waals surface area contributed by atoms with Gasteiger partial charge in [-0.2, -0.15) is 0 Å². The van der Waals surface area contributed by atoms with Crippen molar-refractivity contribution in [2.45, 2.75) is 7.43 Å². The highest BCUT2D eigenvalue weighted by Gasteiger charge is 1.85. The Bertz CT molecular complexity index is 107. The van der Waals surface area contributed by atoms with Crippen LogP contribution in [0.1, 0.15) is 7.43 Å². The molecule has 52 valence electrons. The molecule has 0 bridgehead atoms. The summed E-state index contributed by atoms with van der Waals surface area (Å²) in [6.07, 6.45) is 2.84. The first-order valence-electron chi connectivity index (χ1n) is 2.32. The predicted molar refractivity (Wildman–Crippen MR) is 40.1 cm³/mol. The highest BCUT2D eigenvalue weighted by Crippen LogP contribution is 1.64. The van der Waals surface area contributed by atoms with Crippen molar-refractivity contribution in [2.75, 3.05) is 6.54 Å². The van der Waals surface area contributed by atoms with Crippen molar-refractivity contribution in [1.29, 1.82) is 0 Å². The van der Waals surface area contributed by atoms with E-state index in [1.165, 1.54) is 6.08 Å². The van der Waals surface area contributed by atoms with Gasteiger partial charge >= 0.3 is 0 Å². The fraction of sp³-hybridized carbons (Fsp3) is 0.286. The second-order valence-electron chi connectivity index (χ2n) is 1.24. The van der Waals surface area contributed by atoms with Crippen LogP contribution < -0.4 is 5.32 Å². The maximum atomic E-state index is 10.3. The molecular formula is C7H13NO. The zero-order chi connectivity index (χ0) is 6.41. The third-order valence-corrected chi connectivity index (χ3v) is 0.606. The summed E-state index contributed by atoms with van der Waals surface area (Å²) in [4.78, 5) is 10.3. The van der Waals surface area contributed by atoms with Gasteiger partial charge in [0.25, 0.3) is 0 Å². The van der Waals surface area contributed by atoms with Crippen LogP contribution in [0.5, 0.6) is 0 Å². The lowest BCUT2D eigenvalue weighted by Gasteiger charge is -1.91.